The number of nitrogens with one attached hydrogen (secondary N) is 1. The van der Waals surface area contributed by atoms with Gasteiger partial charge in [-0.25, -0.2) is 9.97 Å². The van der Waals surface area contributed by atoms with Crippen molar-refractivity contribution < 1.29 is 5.11 Å². The minimum atomic E-state index is 0.286. The van der Waals surface area contributed by atoms with Gasteiger partial charge in [0.15, 0.2) is 0 Å². The van der Waals surface area contributed by atoms with E-state index in [4.69, 9.17) is 5.11 Å². The van der Waals surface area contributed by atoms with Crippen LogP contribution in [0.25, 0.3) is 0 Å². The van der Waals surface area contributed by atoms with Crippen LogP contribution in [-0.2, 0) is 6.42 Å². The van der Waals surface area contributed by atoms with Crippen LogP contribution in [0.3, 0.4) is 0 Å². The van der Waals surface area contributed by atoms with E-state index in [0.29, 0.717) is 0 Å². The standard InChI is InChI=1S/C12H21N3O/c1-2-6-11-9-12(15-10-14-11)13-7-4-3-5-8-16/h9-10,16H,2-8H2,1H3,(H,13,14,15). The Bertz CT molecular complexity index is 291. The highest BCUT2D eigenvalue weighted by Crippen LogP contribution is 2.06. The Morgan fingerprint density at radius 1 is 1.25 bits per heavy atom. The Hall–Kier alpha value is -1.16. The fourth-order valence-corrected chi connectivity index (χ4v) is 1.52. The monoisotopic (exact) mass is 223 g/mol. The van der Waals surface area contributed by atoms with E-state index >= 15 is 0 Å². The lowest BCUT2D eigenvalue weighted by atomic mass is 10.2. The van der Waals surface area contributed by atoms with Crippen LogP contribution in [0.15, 0.2) is 12.4 Å². The summed E-state index contributed by atoms with van der Waals surface area (Å²) >= 11 is 0. The molecule has 4 nitrogen and oxygen atoms in total. The van der Waals surface area contributed by atoms with Crippen molar-refractivity contribution in [3.05, 3.63) is 18.1 Å². The SMILES string of the molecule is CCCc1cc(NCCCCCO)ncn1. The Balaban J connectivity index is 2.27. The van der Waals surface area contributed by atoms with E-state index in [1.54, 1.807) is 6.33 Å². The van der Waals surface area contributed by atoms with Gasteiger partial charge in [0.1, 0.15) is 12.1 Å². The van der Waals surface area contributed by atoms with Crippen LogP contribution in [-0.4, -0.2) is 28.2 Å². The van der Waals surface area contributed by atoms with Crippen LogP contribution in [0, 0.1) is 0 Å². The highest BCUT2D eigenvalue weighted by Gasteiger charge is 1.97. The van der Waals surface area contributed by atoms with Crippen LogP contribution < -0.4 is 5.32 Å². The van der Waals surface area contributed by atoms with Gasteiger partial charge in [-0.15, -0.1) is 0 Å². The molecule has 4 heteroatoms. The molecule has 0 spiro atoms. The average molecular weight is 223 g/mol. The zero-order valence-electron chi connectivity index (χ0n) is 9.95. The summed E-state index contributed by atoms with van der Waals surface area (Å²) in [6.45, 7) is 3.33. The van der Waals surface area contributed by atoms with Crippen molar-refractivity contribution in [3.63, 3.8) is 0 Å². The summed E-state index contributed by atoms with van der Waals surface area (Å²) in [5.74, 6) is 0.905. The van der Waals surface area contributed by atoms with E-state index in [-0.39, 0.29) is 6.61 Å². The molecule has 0 amide bonds. The molecule has 0 bridgehead atoms. The second-order valence-electron chi connectivity index (χ2n) is 3.86. The van der Waals surface area contributed by atoms with Crippen molar-refractivity contribution in [3.8, 4) is 0 Å². The third-order valence-electron chi connectivity index (χ3n) is 2.37. The summed E-state index contributed by atoms with van der Waals surface area (Å²) < 4.78 is 0. The average Bonchev–Trinajstić information content (AvgIpc) is 2.30. The molecule has 90 valence electrons. The first-order valence-electron chi connectivity index (χ1n) is 6.02. The normalized spacial score (nSPS) is 10.4. The summed E-state index contributed by atoms with van der Waals surface area (Å²) in [6.07, 6.45) is 6.71. The van der Waals surface area contributed by atoms with Crippen molar-refractivity contribution in [2.75, 3.05) is 18.5 Å². The van der Waals surface area contributed by atoms with Gasteiger partial charge in [-0.2, -0.15) is 0 Å². The molecule has 1 aromatic rings. The lowest BCUT2D eigenvalue weighted by Crippen LogP contribution is -2.04. The fourth-order valence-electron chi connectivity index (χ4n) is 1.52. The van der Waals surface area contributed by atoms with Gasteiger partial charge >= 0.3 is 0 Å². The summed E-state index contributed by atoms with van der Waals surface area (Å²) in [4.78, 5) is 8.37. The maximum Gasteiger partial charge on any atom is 0.129 e. The summed E-state index contributed by atoms with van der Waals surface area (Å²) in [5.41, 5.74) is 1.09. The molecule has 1 rings (SSSR count). The first-order valence-corrected chi connectivity index (χ1v) is 6.02. The quantitative estimate of drug-likeness (QED) is 0.662. The molecule has 1 heterocycles. The molecule has 0 aromatic carbocycles. The highest BCUT2D eigenvalue weighted by molar-refractivity contribution is 5.34. The molecule has 0 aliphatic heterocycles. The van der Waals surface area contributed by atoms with E-state index < -0.39 is 0 Å². The predicted molar refractivity (Wildman–Crippen MR) is 65.5 cm³/mol. The van der Waals surface area contributed by atoms with Gasteiger partial charge in [-0.05, 0) is 25.7 Å². The number of hydrogen-bond donors (Lipinski definition) is 2. The number of anilines is 1. The first-order chi connectivity index (χ1) is 7.86. The van der Waals surface area contributed by atoms with Crippen LogP contribution >= 0.6 is 0 Å². The summed E-state index contributed by atoms with van der Waals surface area (Å²) in [6, 6.07) is 2.01. The minimum Gasteiger partial charge on any atom is -0.396 e. The molecule has 0 aliphatic carbocycles. The number of aromatic nitrogens is 2. The first kappa shape index (κ1) is 12.9. The molecule has 0 saturated carbocycles. The molecule has 1 aromatic heterocycles. The van der Waals surface area contributed by atoms with Crippen molar-refractivity contribution in [2.24, 2.45) is 0 Å². The number of nitrogens with zero attached hydrogens (tertiary/aromatic N) is 2. The highest BCUT2D eigenvalue weighted by atomic mass is 16.2. The number of hydrogen-bond acceptors (Lipinski definition) is 4. The van der Waals surface area contributed by atoms with Gasteiger partial charge < -0.3 is 10.4 Å². The van der Waals surface area contributed by atoms with Crippen molar-refractivity contribution in [2.45, 2.75) is 39.0 Å². The minimum absolute atomic E-state index is 0.286. The largest absolute Gasteiger partial charge is 0.396 e. The van der Waals surface area contributed by atoms with E-state index in [0.717, 1.165) is 50.2 Å². The smallest absolute Gasteiger partial charge is 0.129 e. The van der Waals surface area contributed by atoms with Gasteiger partial charge in [-0.3, -0.25) is 0 Å². The summed E-state index contributed by atoms with van der Waals surface area (Å²) in [5, 5.41) is 11.9. The lowest BCUT2D eigenvalue weighted by Gasteiger charge is -2.06. The Kier molecular flexibility index (Phi) is 6.49. The van der Waals surface area contributed by atoms with Crippen molar-refractivity contribution in [1.29, 1.82) is 0 Å². The topological polar surface area (TPSA) is 58.0 Å². The van der Waals surface area contributed by atoms with E-state index in [1.165, 1.54) is 0 Å². The van der Waals surface area contributed by atoms with Gasteiger partial charge in [0, 0.05) is 24.9 Å². The lowest BCUT2D eigenvalue weighted by molar-refractivity contribution is 0.283. The number of unbranched alkanes of at least 4 members (excludes halogenated alkanes) is 2. The van der Waals surface area contributed by atoms with Gasteiger partial charge in [-0.1, -0.05) is 13.3 Å². The Morgan fingerprint density at radius 2 is 2.12 bits per heavy atom. The van der Waals surface area contributed by atoms with Crippen LogP contribution in [0.5, 0.6) is 0 Å². The number of aliphatic hydroxyl groups excluding tert-OH is 1. The molecule has 0 fully saturated rings. The summed E-state index contributed by atoms with van der Waals surface area (Å²) in [7, 11) is 0. The van der Waals surface area contributed by atoms with Crippen LogP contribution in [0.2, 0.25) is 0 Å². The second-order valence-corrected chi connectivity index (χ2v) is 3.86. The van der Waals surface area contributed by atoms with Gasteiger partial charge in [0.2, 0.25) is 0 Å². The molecular formula is C12H21N3O. The van der Waals surface area contributed by atoms with E-state index in [9.17, 15) is 0 Å². The molecule has 0 atom stereocenters. The van der Waals surface area contributed by atoms with Crippen LogP contribution in [0.4, 0.5) is 5.82 Å². The fraction of sp³-hybridized carbons (Fsp3) is 0.667. The molecule has 2 N–H and O–H groups in total. The number of aliphatic hydroxyl groups is 1. The zero-order chi connectivity index (χ0) is 11.6. The Labute approximate surface area is 97.1 Å². The Morgan fingerprint density at radius 3 is 2.88 bits per heavy atom. The molecule has 0 radical (unpaired) electrons. The molecule has 0 saturated heterocycles. The molecule has 0 aliphatic rings. The van der Waals surface area contributed by atoms with Crippen LogP contribution in [0.1, 0.15) is 38.3 Å². The van der Waals surface area contributed by atoms with Gasteiger partial charge in [0.25, 0.3) is 0 Å². The third-order valence-corrected chi connectivity index (χ3v) is 2.37. The maximum atomic E-state index is 8.64. The third kappa shape index (κ3) is 5.07. The van der Waals surface area contributed by atoms with Crippen molar-refractivity contribution in [1.82, 2.24) is 9.97 Å². The maximum absolute atomic E-state index is 8.64. The zero-order valence-corrected chi connectivity index (χ0v) is 9.95. The number of rotatable bonds is 8. The van der Waals surface area contributed by atoms with E-state index in [1.807, 2.05) is 6.07 Å². The second kappa shape index (κ2) is 8.05. The van der Waals surface area contributed by atoms with E-state index in [2.05, 4.69) is 22.2 Å². The van der Waals surface area contributed by atoms with Crippen molar-refractivity contribution >= 4 is 5.82 Å². The molecule has 16 heavy (non-hydrogen) atoms. The van der Waals surface area contributed by atoms with Gasteiger partial charge in [0.05, 0.1) is 0 Å². The predicted octanol–water partition coefficient (Wildman–Crippen LogP) is 2.00. The number of aryl methyl sites for hydroxylation is 1. The molecular weight excluding hydrogens is 202 g/mol. The molecule has 0 unspecified atom stereocenters.